The van der Waals surface area contributed by atoms with Crippen molar-refractivity contribution in [2.75, 3.05) is 13.1 Å². The smallest absolute Gasteiger partial charge is 0.0381 e. The maximum Gasteiger partial charge on any atom is 0.0381 e. The molecule has 0 radical (unpaired) electrons. The molecule has 1 N–H and O–H groups in total. The van der Waals surface area contributed by atoms with E-state index in [9.17, 15) is 0 Å². The van der Waals surface area contributed by atoms with Crippen LogP contribution in [0.4, 0.5) is 0 Å². The molecule has 24 heavy (non-hydrogen) atoms. The Balaban J connectivity index is 2.93. The van der Waals surface area contributed by atoms with Gasteiger partial charge in [-0.2, -0.15) is 0 Å². The first-order valence-electron chi connectivity index (χ1n) is 9.36. The zero-order valence-corrected chi connectivity index (χ0v) is 16.4. The molecule has 0 aromatic rings. The summed E-state index contributed by atoms with van der Waals surface area (Å²) in [7, 11) is 0. The zero-order valence-electron chi connectivity index (χ0n) is 16.4. The summed E-state index contributed by atoms with van der Waals surface area (Å²) in [5.41, 5.74) is 5.91. The van der Waals surface area contributed by atoms with E-state index < -0.39 is 0 Å². The van der Waals surface area contributed by atoms with E-state index in [1.807, 2.05) is 6.92 Å². The monoisotopic (exact) mass is 328 g/mol. The Hall–Kier alpha value is -1.70. The van der Waals surface area contributed by atoms with Crippen LogP contribution in [0.1, 0.15) is 60.3 Å². The summed E-state index contributed by atoms with van der Waals surface area (Å²) in [5.74, 6) is 0.656. The van der Waals surface area contributed by atoms with Crippen molar-refractivity contribution < 1.29 is 0 Å². The van der Waals surface area contributed by atoms with Crippen molar-refractivity contribution in [1.82, 2.24) is 10.2 Å². The third kappa shape index (κ3) is 6.43. The van der Waals surface area contributed by atoms with Gasteiger partial charge in [-0.05, 0) is 75.7 Å². The third-order valence-electron chi connectivity index (χ3n) is 4.49. The molecule has 0 aromatic carbocycles. The first-order valence-corrected chi connectivity index (χ1v) is 9.36. The molecule has 2 heteroatoms. The van der Waals surface area contributed by atoms with Gasteiger partial charge in [0.15, 0.2) is 0 Å². The SMILES string of the molecule is C=C(NC(/C=C\C)=C/C(C)=C(\C)C(=C)N(CCC)CCC)C1CC1. The second-order valence-corrected chi connectivity index (χ2v) is 6.77. The largest absolute Gasteiger partial charge is 0.372 e. The summed E-state index contributed by atoms with van der Waals surface area (Å²) in [6.07, 6.45) is 11.2. The molecule has 1 fully saturated rings. The van der Waals surface area contributed by atoms with Crippen LogP contribution in [0.25, 0.3) is 0 Å². The molecule has 1 aliphatic carbocycles. The summed E-state index contributed by atoms with van der Waals surface area (Å²) in [6.45, 7) is 21.5. The second-order valence-electron chi connectivity index (χ2n) is 6.77. The van der Waals surface area contributed by atoms with E-state index >= 15 is 0 Å². The van der Waals surface area contributed by atoms with Crippen molar-refractivity contribution in [2.45, 2.75) is 60.3 Å². The molecule has 1 aliphatic rings. The predicted octanol–water partition coefficient (Wildman–Crippen LogP) is 5.93. The van der Waals surface area contributed by atoms with E-state index in [0.717, 1.165) is 43.0 Å². The molecule has 0 bridgehead atoms. The molecule has 1 saturated carbocycles. The summed E-state index contributed by atoms with van der Waals surface area (Å²) >= 11 is 0. The molecule has 0 aliphatic heterocycles. The average molecular weight is 329 g/mol. The minimum absolute atomic E-state index is 0.656. The highest BCUT2D eigenvalue weighted by Crippen LogP contribution is 2.34. The molecule has 134 valence electrons. The van der Waals surface area contributed by atoms with E-state index in [1.165, 1.54) is 24.0 Å². The van der Waals surface area contributed by atoms with Crippen molar-refractivity contribution in [3.05, 3.63) is 59.6 Å². The van der Waals surface area contributed by atoms with Gasteiger partial charge in [0.05, 0.1) is 0 Å². The van der Waals surface area contributed by atoms with Crippen molar-refractivity contribution in [3.63, 3.8) is 0 Å². The van der Waals surface area contributed by atoms with Crippen LogP contribution in [0.3, 0.4) is 0 Å². The van der Waals surface area contributed by atoms with Gasteiger partial charge < -0.3 is 10.2 Å². The van der Waals surface area contributed by atoms with Gasteiger partial charge in [-0.1, -0.05) is 33.1 Å². The Morgan fingerprint density at radius 1 is 1.12 bits per heavy atom. The van der Waals surface area contributed by atoms with Crippen LogP contribution in [0, 0.1) is 5.92 Å². The van der Waals surface area contributed by atoms with Crippen LogP contribution < -0.4 is 5.32 Å². The first kappa shape index (κ1) is 20.3. The lowest BCUT2D eigenvalue weighted by Crippen LogP contribution is -2.25. The normalized spacial score (nSPS) is 16.1. The fourth-order valence-electron chi connectivity index (χ4n) is 2.75. The molecule has 0 atom stereocenters. The van der Waals surface area contributed by atoms with Crippen molar-refractivity contribution in [3.8, 4) is 0 Å². The maximum atomic E-state index is 4.35. The lowest BCUT2D eigenvalue weighted by atomic mass is 10.1. The average Bonchev–Trinajstić information content (AvgIpc) is 3.38. The van der Waals surface area contributed by atoms with E-state index in [0.29, 0.717) is 5.92 Å². The van der Waals surface area contributed by atoms with Gasteiger partial charge in [0, 0.05) is 30.2 Å². The highest BCUT2D eigenvalue weighted by Gasteiger charge is 2.24. The second kappa shape index (κ2) is 10.2. The standard InChI is InChI=1S/C22H36N2/c1-8-11-22(23-19(6)21-12-13-21)16-17(4)18(5)20(7)24(14-9-2)15-10-3/h8,11,16,21,23H,6-7,9-10,12-15H2,1-5H3/b11-8-,18-17+,22-16+. The predicted molar refractivity (Wildman–Crippen MR) is 108 cm³/mol. The lowest BCUT2D eigenvalue weighted by molar-refractivity contribution is 0.351. The van der Waals surface area contributed by atoms with Crippen molar-refractivity contribution >= 4 is 0 Å². The van der Waals surface area contributed by atoms with Crippen LogP contribution in [0.2, 0.25) is 0 Å². The van der Waals surface area contributed by atoms with Crippen molar-refractivity contribution in [2.24, 2.45) is 5.92 Å². The zero-order chi connectivity index (χ0) is 18.1. The highest BCUT2D eigenvalue weighted by molar-refractivity contribution is 5.39. The molecular formula is C22H36N2. The molecule has 0 heterocycles. The molecule has 0 aromatic heterocycles. The lowest BCUT2D eigenvalue weighted by Gasteiger charge is -2.27. The summed E-state index contributed by atoms with van der Waals surface area (Å²) in [4.78, 5) is 2.40. The van der Waals surface area contributed by atoms with Gasteiger partial charge in [0.2, 0.25) is 0 Å². The quantitative estimate of drug-likeness (QED) is 0.473. The number of nitrogens with one attached hydrogen (secondary N) is 1. The molecule has 0 spiro atoms. The van der Waals surface area contributed by atoms with E-state index in [-0.39, 0.29) is 0 Å². The van der Waals surface area contributed by atoms with Crippen LogP contribution >= 0.6 is 0 Å². The number of hydrogen-bond acceptors (Lipinski definition) is 2. The fourth-order valence-corrected chi connectivity index (χ4v) is 2.75. The Labute approximate surface area is 149 Å². The van der Waals surface area contributed by atoms with Gasteiger partial charge >= 0.3 is 0 Å². The topological polar surface area (TPSA) is 15.3 Å². The summed E-state index contributed by atoms with van der Waals surface area (Å²) < 4.78 is 0. The van der Waals surface area contributed by atoms with E-state index in [2.05, 4.69) is 69.3 Å². The molecule has 0 amide bonds. The summed E-state index contributed by atoms with van der Waals surface area (Å²) in [5, 5.41) is 3.49. The van der Waals surface area contributed by atoms with Gasteiger partial charge in [0.25, 0.3) is 0 Å². The minimum atomic E-state index is 0.656. The minimum Gasteiger partial charge on any atom is -0.372 e. The van der Waals surface area contributed by atoms with E-state index in [1.54, 1.807) is 0 Å². The first-order chi connectivity index (χ1) is 11.4. The molecule has 2 nitrogen and oxygen atoms in total. The number of hydrogen-bond donors (Lipinski definition) is 1. The van der Waals surface area contributed by atoms with E-state index in [4.69, 9.17) is 0 Å². The number of nitrogens with zero attached hydrogens (tertiary/aromatic N) is 1. The number of allylic oxidation sites excluding steroid dienone is 6. The van der Waals surface area contributed by atoms with Gasteiger partial charge in [-0.3, -0.25) is 0 Å². The van der Waals surface area contributed by atoms with Gasteiger partial charge in [-0.25, -0.2) is 0 Å². The van der Waals surface area contributed by atoms with Crippen molar-refractivity contribution in [1.29, 1.82) is 0 Å². The Bertz CT molecular complexity index is 524. The fraction of sp³-hybridized carbons (Fsp3) is 0.545. The molecule has 0 saturated heterocycles. The third-order valence-corrected chi connectivity index (χ3v) is 4.49. The van der Waals surface area contributed by atoms with Gasteiger partial charge in [-0.15, -0.1) is 0 Å². The Kier molecular flexibility index (Phi) is 8.67. The summed E-state index contributed by atoms with van der Waals surface area (Å²) in [6, 6.07) is 0. The molecular weight excluding hydrogens is 292 g/mol. The highest BCUT2D eigenvalue weighted by atomic mass is 15.1. The van der Waals surface area contributed by atoms with Crippen LogP contribution in [0.5, 0.6) is 0 Å². The number of rotatable bonds is 11. The van der Waals surface area contributed by atoms with Crippen LogP contribution in [-0.2, 0) is 0 Å². The van der Waals surface area contributed by atoms with Crippen LogP contribution in [-0.4, -0.2) is 18.0 Å². The maximum absolute atomic E-state index is 4.35. The molecule has 1 rings (SSSR count). The molecule has 0 unspecified atom stereocenters. The van der Waals surface area contributed by atoms with Crippen LogP contribution in [0.15, 0.2) is 59.6 Å². The Morgan fingerprint density at radius 3 is 2.17 bits per heavy atom. The van der Waals surface area contributed by atoms with Gasteiger partial charge in [0.1, 0.15) is 0 Å². The Morgan fingerprint density at radius 2 is 1.71 bits per heavy atom.